The number of rotatable bonds is 2. The molecule has 2 fully saturated rings. The Kier molecular flexibility index (Phi) is 2.12. The van der Waals surface area contributed by atoms with Crippen LogP contribution in [-0.2, 0) is 4.79 Å². The molecule has 1 aromatic rings. The molecule has 1 nitrogen and oxygen atoms in total. The van der Waals surface area contributed by atoms with Crippen molar-refractivity contribution in [3.8, 4) is 0 Å². The van der Waals surface area contributed by atoms with Gasteiger partial charge in [0.1, 0.15) is 5.78 Å². The predicted octanol–water partition coefficient (Wildman–Crippen LogP) is 3.16. The van der Waals surface area contributed by atoms with E-state index in [0.29, 0.717) is 11.7 Å². The van der Waals surface area contributed by atoms with Crippen molar-refractivity contribution in [2.24, 2.45) is 11.8 Å². The van der Waals surface area contributed by atoms with Crippen LogP contribution in [-0.4, -0.2) is 5.78 Å². The van der Waals surface area contributed by atoms with E-state index in [1.54, 1.807) is 0 Å². The molecular formula is C14H16O. The summed E-state index contributed by atoms with van der Waals surface area (Å²) in [7, 11) is 0. The number of benzene rings is 1. The first-order valence-electron chi connectivity index (χ1n) is 5.91. The molecule has 0 bridgehead atoms. The largest absolute Gasteiger partial charge is 0.300 e. The van der Waals surface area contributed by atoms with Crippen molar-refractivity contribution >= 4 is 5.78 Å². The molecule has 0 radical (unpaired) electrons. The van der Waals surface area contributed by atoms with E-state index in [0.717, 1.165) is 31.1 Å². The zero-order valence-corrected chi connectivity index (χ0v) is 8.86. The molecule has 0 saturated heterocycles. The molecule has 2 aliphatic carbocycles. The van der Waals surface area contributed by atoms with Gasteiger partial charge in [-0.25, -0.2) is 0 Å². The van der Waals surface area contributed by atoms with Gasteiger partial charge >= 0.3 is 0 Å². The Balaban J connectivity index is 1.67. The summed E-state index contributed by atoms with van der Waals surface area (Å²) in [5, 5.41) is 0. The molecule has 0 spiro atoms. The van der Waals surface area contributed by atoms with E-state index in [-0.39, 0.29) is 0 Å². The lowest BCUT2D eigenvalue weighted by molar-refractivity contribution is -0.117. The number of carbonyl (C=O) groups is 1. The van der Waals surface area contributed by atoms with Gasteiger partial charge in [-0.3, -0.25) is 4.79 Å². The van der Waals surface area contributed by atoms with Crippen LogP contribution in [0, 0.1) is 11.8 Å². The maximum absolute atomic E-state index is 11.2. The molecule has 3 unspecified atom stereocenters. The van der Waals surface area contributed by atoms with Crippen LogP contribution >= 0.6 is 0 Å². The van der Waals surface area contributed by atoms with Gasteiger partial charge in [0.05, 0.1) is 0 Å². The van der Waals surface area contributed by atoms with Crippen molar-refractivity contribution in [2.45, 2.75) is 31.6 Å². The lowest BCUT2D eigenvalue weighted by Crippen LogP contribution is -1.99. The zero-order valence-electron chi connectivity index (χ0n) is 8.86. The van der Waals surface area contributed by atoms with Gasteiger partial charge in [0.25, 0.3) is 0 Å². The van der Waals surface area contributed by atoms with Gasteiger partial charge in [-0.05, 0) is 36.2 Å². The molecule has 15 heavy (non-hydrogen) atoms. The average molecular weight is 200 g/mol. The predicted molar refractivity (Wildman–Crippen MR) is 59.6 cm³/mol. The minimum atomic E-state index is 0.485. The van der Waals surface area contributed by atoms with Crippen LogP contribution in [0.2, 0.25) is 0 Å². The Morgan fingerprint density at radius 3 is 2.60 bits per heavy atom. The highest BCUT2D eigenvalue weighted by Gasteiger charge is 2.45. The topological polar surface area (TPSA) is 17.1 Å². The summed E-state index contributed by atoms with van der Waals surface area (Å²) in [6.45, 7) is 0. The molecule has 0 heterocycles. The van der Waals surface area contributed by atoms with Crippen molar-refractivity contribution in [3.05, 3.63) is 35.9 Å². The summed E-state index contributed by atoms with van der Waals surface area (Å²) >= 11 is 0. The monoisotopic (exact) mass is 200 g/mol. The van der Waals surface area contributed by atoms with Gasteiger partial charge in [-0.15, -0.1) is 0 Å². The molecular weight excluding hydrogens is 184 g/mol. The van der Waals surface area contributed by atoms with Crippen LogP contribution in [0.3, 0.4) is 0 Å². The molecule has 1 heteroatoms. The van der Waals surface area contributed by atoms with E-state index in [4.69, 9.17) is 0 Å². The maximum Gasteiger partial charge on any atom is 0.133 e. The highest BCUT2D eigenvalue weighted by molar-refractivity contribution is 5.80. The lowest BCUT2D eigenvalue weighted by atomic mass is 9.98. The fourth-order valence-corrected chi connectivity index (χ4v) is 3.03. The van der Waals surface area contributed by atoms with E-state index in [9.17, 15) is 4.79 Å². The van der Waals surface area contributed by atoms with Crippen LogP contribution in [0.5, 0.6) is 0 Å². The zero-order chi connectivity index (χ0) is 10.3. The van der Waals surface area contributed by atoms with E-state index in [1.165, 1.54) is 12.0 Å². The molecule has 0 aromatic heterocycles. The van der Waals surface area contributed by atoms with Gasteiger partial charge in [-0.1, -0.05) is 30.3 Å². The lowest BCUT2D eigenvalue weighted by Gasteiger charge is -2.06. The summed E-state index contributed by atoms with van der Waals surface area (Å²) in [6, 6.07) is 10.7. The molecule has 78 valence electrons. The fraction of sp³-hybridized carbons (Fsp3) is 0.500. The Morgan fingerprint density at radius 1 is 1.13 bits per heavy atom. The first-order valence-corrected chi connectivity index (χ1v) is 5.91. The summed E-state index contributed by atoms with van der Waals surface area (Å²) in [5.41, 5.74) is 1.47. The van der Waals surface area contributed by atoms with Crippen molar-refractivity contribution in [1.29, 1.82) is 0 Å². The fourth-order valence-electron chi connectivity index (χ4n) is 3.03. The van der Waals surface area contributed by atoms with Gasteiger partial charge in [0, 0.05) is 12.8 Å². The first kappa shape index (κ1) is 9.14. The van der Waals surface area contributed by atoms with E-state index in [1.807, 2.05) is 0 Å². The average Bonchev–Trinajstić information content (AvgIpc) is 2.96. The molecule has 1 aromatic carbocycles. The van der Waals surface area contributed by atoms with E-state index in [2.05, 4.69) is 30.3 Å². The maximum atomic E-state index is 11.2. The highest BCUT2D eigenvalue weighted by Crippen LogP contribution is 2.55. The molecule has 0 aliphatic heterocycles. The Labute approximate surface area is 90.5 Å². The third-order valence-corrected chi connectivity index (χ3v) is 3.96. The van der Waals surface area contributed by atoms with Crippen molar-refractivity contribution in [2.75, 3.05) is 0 Å². The third kappa shape index (κ3) is 1.71. The van der Waals surface area contributed by atoms with Crippen LogP contribution in [0.15, 0.2) is 30.3 Å². The minimum Gasteiger partial charge on any atom is -0.300 e. The molecule has 2 saturated carbocycles. The standard InChI is InChI=1S/C14H16O/c15-12-7-6-11(8-12)14-9-13(14)10-4-2-1-3-5-10/h1-5,11,13-14H,6-9H2. The minimum absolute atomic E-state index is 0.485. The van der Waals surface area contributed by atoms with Crippen molar-refractivity contribution in [1.82, 2.24) is 0 Å². The van der Waals surface area contributed by atoms with Gasteiger partial charge in [0.15, 0.2) is 0 Å². The summed E-state index contributed by atoms with van der Waals surface area (Å²) in [6.07, 6.45) is 4.14. The number of Topliss-reactive ketones (excluding diaryl/α,β-unsaturated/α-hetero) is 1. The SMILES string of the molecule is O=C1CCC(C2CC2c2ccccc2)C1. The second kappa shape index (κ2) is 3.48. The molecule has 3 rings (SSSR count). The molecule has 2 aliphatic rings. The summed E-state index contributed by atoms with van der Waals surface area (Å²) < 4.78 is 0. The number of ketones is 1. The number of hydrogen-bond acceptors (Lipinski definition) is 1. The Morgan fingerprint density at radius 2 is 1.93 bits per heavy atom. The van der Waals surface area contributed by atoms with Gasteiger partial charge in [0.2, 0.25) is 0 Å². The van der Waals surface area contributed by atoms with E-state index < -0.39 is 0 Å². The van der Waals surface area contributed by atoms with E-state index >= 15 is 0 Å². The Bertz CT molecular complexity index is 368. The normalized spacial score (nSPS) is 34.4. The van der Waals surface area contributed by atoms with Crippen LogP contribution in [0.1, 0.15) is 37.2 Å². The summed E-state index contributed by atoms with van der Waals surface area (Å²) in [5.74, 6) is 2.74. The van der Waals surface area contributed by atoms with Gasteiger partial charge < -0.3 is 0 Å². The van der Waals surface area contributed by atoms with Crippen LogP contribution < -0.4 is 0 Å². The highest BCUT2D eigenvalue weighted by atomic mass is 16.1. The van der Waals surface area contributed by atoms with Crippen LogP contribution in [0.25, 0.3) is 0 Å². The summed E-state index contributed by atoms with van der Waals surface area (Å²) in [4.78, 5) is 11.2. The van der Waals surface area contributed by atoms with Gasteiger partial charge in [-0.2, -0.15) is 0 Å². The quantitative estimate of drug-likeness (QED) is 0.716. The number of carbonyl (C=O) groups excluding carboxylic acids is 1. The number of hydrogen-bond donors (Lipinski definition) is 0. The second-order valence-corrected chi connectivity index (χ2v) is 4.96. The second-order valence-electron chi connectivity index (χ2n) is 4.96. The van der Waals surface area contributed by atoms with Crippen molar-refractivity contribution < 1.29 is 4.79 Å². The molecule has 0 N–H and O–H groups in total. The third-order valence-electron chi connectivity index (χ3n) is 3.96. The van der Waals surface area contributed by atoms with Crippen LogP contribution in [0.4, 0.5) is 0 Å². The Hall–Kier alpha value is -1.11. The first-order chi connectivity index (χ1) is 7.34. The smallest absolute Gasteiger partial charge is 0.133 e. The molecule has 0 amide bonds. The molecule has 3 atom stereocenters. The van der Waals surface area contributed by atoms with Crippen molar-refractivity contribution in [3.63, 3.8) is 0 Å².